The summed E-state index contributed by atoms with van der Waals surface area (Å²) in [7, 11) is 0. The van der Waals surface area contributed by atoms with Gasteiger partial charge in [0.25, 0.3) is 11.8 Å². The molecule has 1 aromatic carbocycles. The second kappa shape index (κ2) is 8.81. The molecular formula is C17H21N3O5. The fourth-order valence-corrected chi connectivity index (χ4v) is 2.56. The average molecular weight is 347 g/mol. The highest BCUT2D eigenvalue weighted by Crippen LogP contribution is 2.16. The zero-order valence-corrected chi connectivity index (χ0v) is 13.8. The summed E-state index contributed by atoms with van der Waals surface area (Å²) in [5.41, 5.74) is 5.69. The topological polar surface area (TPSA) is 119 Å². The first-order valence-corrected chi connectivity index (χ1v) is 8.03. The summed E-state index contributed by atoms with van der Waals surface area (Å²) in [5, 5.41) is 2.42. The predicted molar refractivity (Wildman–Crippen MR) is 88.2 cm³/mol. The monoisotopic (exact) mass is 347 g/mol. The number of nitrogens with zero attached hydrogens (tertiary/aromatic N) is 1. The van der Waals surface area contributed by atoms with E-state index in [1.165, 1.54) is 4.90 Å². The summed E-state index contributed by atoms with van der Waals surface area (Å²) < 4.78 is 4.88. The van der Waals surface area contributed by atoms with Gasteiger partial charge in [0.1, 0.15) is 6.54 Å². The normalized spacial score (nSPS) is 16.8. The van der Waals surface area contributed by atoms with Crippen LogP contribution in [0, 0.1) is 5.92 Å². The summed E-state index contributed by atoms with van der Waals surface area (Å²) >= 11 is 0. The second-order valence-electron chi connectivity index (χ2n) is 5.79. The number of nitrogens with one attached hydrogen (secondary N) is 1. The average Bonchev–Trinajstić information content (AvgIpc) is 2.64. The summed E-state index contributed by atoms with van der Waals surface area (Å²) in [6, 6.07) is 8.44. The van der Waals surface area contributed by atoms with Crippen molar-refractivity contribution < 1.29 is 23.9 Å². The Morgan fingerprint density at radius 1 is 1.20 bits per heavy atom. The molecule has 0 bridgehead atoms. The van der Waals surface area contributed by atoms with Gasteiger partial charge in [-0.05, 0) is 25.0 Å². The Labute approximate surface area is 145 Å². The van der Waals surface area contributed by atoms with E-state index in [9.17, 15) is 19.2 Å². The number of carbonyl (C=O) groups is 4. The van der Waals surface area contributed by atoms with Crippen LogP contribution >= 0.6 is 0 Å². The van der Waals surface area contributed by atoms with Crippen LogP contribution in [0.5, 0.6) is 0 Å². The van der Waals surface area contributed by atoms with Gasteiger partial charge in [0, 0.05) is 18.7 Å². The molecule has 25 heavy (non-hydrogen) atoms. The number of ether oxygens (including phenoxy) is 1. The molecule has 0 aliphatic carbocycles. The molecule has 0 spiro atoms. The van der Waals surface area contributed by atoms with Crippen molar-refractivity contribution in [2.75, 3.05) is 26.2 Å². The van der Waals surface area contributed by atoms with Crippen LogP contribution in [-0.4, -0.2) is 54.8 Å². The van der Waals surface area contributed by atoms with Crippen LogP contribution in [0.1, 0.15) is 23.2 Å². The summed E-state index contributed by atoms with van der Waals surface area (Å²) in [6.45, 7) is -0.00217. The number of hydrogen-bond acceptors (Lipinski definition) is 5. The molecule has 2 rings (SSSR count). The maximum absolute atomic E-state index is 12.0. The Morgan fingerprint density at radius 2 is 1.92 bits per heavy atom. The maximum Gasteiger partial charge on any atom is 0.325 e. The van der Waals surface area contributed by atoms with E-state index in [2.05, 4.69) is 5.32 Å². The van der Waals surface area contributed by atoms with E-state index in [0.717, 1.165) is 0 Å². The molecule has 1 heterocycles. The zero-order chi connectivity index (χ0) is 18.2. The van der Waals surface area contributed by atoms with Gasteiger partial charge in [0.2, 0.25) is 5.91 Å². The van der Waals surface area contributed by atoms with E-state index in [-0.39, 0.29) is 24.9 Å². The van der Waals surface area contributed by atoms with Crippen LogP contribution in [0.25, 0.3) is 0 Å². The zero-order valence-electron chi connectivity index (χ0n) is 13.8. The minimum Gasteiger partial charge on any atom is -0.454 e. The molecule has 3 amide bonds. The van der Waals surface area contributed by atoms with Crippen LogP contribution in [0.2, 0.25) is 0 Å². The number of hydrogen-bond donors (Lipinski definition) is 2. The number of rotatable bonds is 6. The van der Waals surface area contributed by atoms with Crippen LogP contribution in [0.4, 0.5) is 0 Å². The molecule has 0 aromatic heterocycles. The van der Waals surface area contributed by atoms with Crippen LogP contribution < -0.4 is 11.1 Å². The maximum atomic E-state index is 12.0. The van der Waals surface area contributed by atoms with E-state index in [1.807, 2.05) is 0 Å². The van der Waals surface area contributed by atoms with Crippen molar-refractivity contribution in [2.45, 2.75) is 12.8 Å². The highest BCUT2D eigenvalue weighted by Gasteiger charge is 2.27. The van der Waals surface area contributed by atoms with Gasteiger partial charge in [-0.1, -0.05) is 18.2 Å². The van der Waals surface area contributed by atoms with Crippen molar-refractivity contribution in [3.05, 3.63) is 35.9 Å². The fourth-order valence-electron chi connectivity index (χ4n) is 2.56. The molecule has 8 nitrogen and oxygen atoms in total. The quantitative estimate of drug-likeness (QED) is 0.684. The fraction of sp³-hybridized carbons (Fsp3) is 0.412. The van der Waals surface area contributed by atoms with E-state index in [0.29, 0.717) is 24.9 Å². The molecule has 134 valence electrons. The highest BCUT2D eigenvalue weighted by atomic mass is 16.5. The number of primary amides is 1. The van der Waals surface area contributed by atoms with Gasteiger partial charge in [-0.2, -0.15) is 0 Å². The van der Waals surface area contributed by atoms with E-state index >= 15 is 0 Å². The summed E-state index contributed by atoms with van der Waals surface area (Å²) in [6.07, 6.45) is 1.34. The number of likely N-dealkylation sites (tertiary alicyclic amines) is 1. The molecule has 1 atom stereocenters. The number of carbonyl (C=O) groups excluding carboxylic acids is 4. The Bertz CT molecular complexity index is 647. The largest absolute Gasteiger partial charge is 0.454 e. The third-order valence-electron chi connectivity index (χ3n) is 3.96. The Hall–Kier alpha value is -2.90. The highest BCUT2D eigenvalue weighted by molar-refractivity contribution is 5.96. The third kappa shape index (κ3) is 5.59. The van der Waals surface area contributed by atoms with E-state index in [4.69, 9.17) is 10.5 Å². The van der Waals surface area contributed by atoms with Crippen LogP contribution in [-0.2, 0) is 19.1 Å². The van der Waals surface area contributed by atoms with Gasteiger partial charge in [0.05, 0.1) is 5.92 Å². The van der Waals surface area contributed by atoms with Crippen molar-refractivity contribution in [1.29, 1.82) is 0 Å². The first-order chi connectivity index (χ1) is 12.0. The van der Waals surface area contributed by atoms with Crippen LogP contribution in [0.15, 0.2) is 30.3 Å². The van der Waals surface area contributed by atoms with E-state index < -0.39 is 24.4 Å². The van der Waals surface area contributed by atoms with Gasteiger partial charge in [-0.3, -0.25) is 19.2 Å². The SMILES string of the molecule is NC(=O)[C@H]1CCCN(C(=O)COC(=O)CNC(=O)c2ccccc2)C1. The van der Waals surface area contributed by atoms with Crippen molar-refractivity contribution in [3.63, 3.8) is 0 Å². The smallest absolute Gasteiger partial charge is 0.325 e. The molecule has 1 aromatic rings. The van der Waals surface area contributed by atoms with Crippen molar-refractivity contribution in [2.24, 2.45) is 11.7 Å². The van der Waals surface area contributed by atoms with Crippen molar-refractivity contribution in [3.8, 4) is 0 Å². The third-order valence-corrected chi connectivity index (χ3v) is 3.96. The molecular weight excluding hydrogens is 326 g/mol. The minimum absolute atomic E-state index is 0.246. The number of esters is 1. The van der Waals surface area contributed by atoms with Crippen LogP contribution in [0.3, 0.4) is 0 Å². The lowest BCUT2D eigenvalue weighted by molar-refractivity contribution is -0.152. The standard InChI is InChI=1S/C17H21N3O5/c18-16(23)13-7-4-8-20(10-13)14(21)11-25-15(22)9-19-17(24)12-5-2-1-3-6-12/h1-3,5-6,13H,4,7-11H2,(H2,18,23)(H,19,24)/t13-/m0/s1. The first-order valence-electron chi connectivity index (χ1n) is 8.03. The van der Waals surface area contributed by atoms with Crippen molar-refractivity contribution in [1.82, 2.24) is 10.2 Å². The van der Waals surface area contributed by atoms with Gasteiger partial charge < -0.3 is 20.7 Å². The van der Waals surface area contributed by atoms with Crippen molar-refractivity contribution >= 4 is 23.7 Å². The lowest BCUT2D eigenvalue weighted by Crippen LogP contribution is -2.45. The Kier molecular flexibility index (Phi) is 6.50. The molecule has 3 N–H and O–H groups in total. The Morgan fingerprint density at radius 3 is 2.60 bits per heavy atom. The van der Waals surface area contributed by atoms with E-state index in [1.54, 1.807) is 30.3 Å². The number of nitrogens with two attached hydrogens (primary N) is 1. The molecule has 1 aliphatic rings. The van der Waals surface area contributed by atoms with Gasteiger partial charge in [-0.25, -0.2) is 0 Å². The molecule has 8 heteroatoms. The lowest BCUT2D eigenvalue weighted by Gasteiger charge is -2.31. The van der Waals surface area contributed by atoms with Gasteiger partial charge in [-0.15, -0.1) is 0 Å². The molecule has 1 saturated heterocycles. The predicted octanol–water partition coefficient (Wildman–Crippen LogP) is -0.316. The second-order valence-corrected chi connectivity index (χ2v) is 5.79. The molecule has 0 radical (unpaired) electrons. The molecule has 1 fully saturated rings. The van der Waals surface area contributed by atoms with Gasteiger partial charge >= 0.3 is 5.97 Å². The summed E-state index contributed by atoms with van der Waals surface area (Å²) in [4.78, 5) is 48.2. The molecule has 0 saturated carbocycles. The number of amides is 3. The number of piperidine rings is 1. The van der Waals surface area contributed by atoms with Gasteiger partial charge in [0.15, 0.2) is 6.61 Å². The Balaban J connectivity index is 1.71. The number of benzene rings is 1. The molecule has 1 aliphatic heterocycles. The summed E-state index contributed by atoms with van der Waals surface area (Å²) in [5.74, 6) is -2.28. The first kappa shape index (κ1) is 18.4. The lowest BCUT2D eigenvalue weighted by atomic mass is 9.97. The minimum atomic E-state index is -0.707. The molecule has 0 unspecified atom stereocenters.